The van der Waals surface area contributed by atoms with E-state index in [1.165, 1.54) is 29.2 Å². The Balaban J connectivity index is 1.71. The number of carbonyl (C=O) groups excluding carboxylic acids is 2. The number of halogens is 4. The van der Waals surface area contributed by atoms with Gasteiger partial charge in [-0.15, -0.1) is 0 Å². The number of nitrogens with zero attached hydrogens (tertiary/aromatic N) is 1. The van der Waals surface area contributed by atoms with Crippen LogP contribution in [-0.2, 0) is 9.59 Å². The number of hydrogen-bond donors (Lipinski definition) is 1. The van der Waals surface area contributed by atoms with Crippen molar-refractivity contribution in [1.82, 2.24) is 0 Å². The van der Waals surface area contributed by atoms with Gasteiger partial charge >= 0.3 is 0 Å². The highest BCUT2D eigenvalue weighted by atomic mass is 35.5. The molecule has 1 aliphatic heterocycles. The van der Waals surface area contributed by atoms with Gasteiger partial charge in [0.15, 0.2) is 0 Å². The molecular weight excluding hydrogens is 390 g/mol. The summed E-state index contributed by atoms with van der Waals surface area (Å²) in [5.74, 6) is -1.63. The van der Waals surface area contributed by atoms with Gasteiger partial charge in [-0.2, -0.15) is 0 Å². The van der Waals surface area contributed by atoms with E-state index in [1.54, 1.807) is 12.1 Å². The van der Waals surface area contributed by atoms with Crippen molar-refractivity contribution in [2.75, 3.05) is 16.8 Å². The summed E-state index contributed by atoms with van der Waals surface area (Å²) in [5.41, 5.74) is 0.955. The van der Waals surface area contributed by atoms with Gasteiger partial charge in [0.25, 0.3) is 0 Å². The summed E-state index contributed by atoms with van der Waals surface area (Å²) in [5, 5.41) is 3.35. The maximum absolute atomic E-state index is 13.3. The molecular formula is C17H12Cl3FN2O2. The van der Waals surface area contributed by atoms with Gasteiger partial charge in [0.05, 0.1) is 21.0 Å². The molecule has 0 bridgehead atoms. The Morgan fingerprint density at radius 3 is 2.52 bits per heavy atom. The maximum atomic E-state index is 13.3. The molecule has 0 aliphatic carbocycles. The molecule has 2 aromatic carbocycles. The molecule has 1 fully saturated rings. The summed E-state index contributed by atoms with van der Waals surface area (Å²) in [4.78, 5) is 26.0. The second kappa shape index (κ2) is 7.20. The Bertz CT molecular complexity index is 860. The zero-order valence-corrected chi connectivity index (χ0v) is 15.0. The van der Waals surface area contributed by atoms with Crippen molar-refractivity contribution in [3.8, 4) is 0 Å². The topological polar surface area (TPSA) is 49.4 Å². The molecule has 1 N–H and O–H groups in total. The molecule has 1 atom stereocenters. The normalized spacial score (nSPS) is 17.0. The van der Waals surface area contributed by atoms with Crippen LogP contribution in [0.1, 0.15) is 6.42 Å². The molecule has 8 heteroatoms. The quantitative estimate of drug-likeness (QED) is 0.805. The second-order valence-electron chi connectivity index (χ2n) is 5.62. The van der Waals surface area contributed by atoms with E-state index < -0.39 is 11.7 Å². The predicted molar refractivity (Wildman–Crippen MR) is 97.0 cm³/mol. The lowest BCUT2D eigenvalue weighted by Crippen LogP contribution is -2.28. The Morgan fingerprint density at radius 2 is 1.84 bits per heavy atom. The Kier molecular flexibility index (Phi) is 5.18. The summed E-state index contributed by atoms with van der Waals surface area (Å²) in [6.07, 6.45) is 0.0577. The summed E-state index contributed by atoms with van der Waals surface area (Å²) in [6.45, 7) is 0.188. The third-order valence-corrected chi connectivity index (χ3v) is 4.93. The van der Waals surface area contributed by atoms with Crippen molar-refractivity contribution >= 4 is 58.0 Å². The van der Waals surface area contributed by atoms with Crippen LogP contribution in [-0.4, -0.2) is 18.4 Å². The Hall–Kier alpha value is -1.82. The minimum absolute atomic E-state index is 0.0577. The largest absolute Gasteiger partial charge is 0.326 e. The zero-order chi connectivity index (χ0) is 18.1. The van der Waals surface area contributed by atoms with Crippen LogP contribution in [0.3, 0.4) is 0 Å². The minimum atomic E-state index is -0.564. The number of amides is 2. The van der Waals surface area contributed by atoms with E-state index in [1.807, 2.05) is 0 Å². The highest BCUT2D eigenvalue weighted by molar-refractivity contribution is 6.42. The van der Waals surface area contributed by atoms with Gasteiger partial charge in [0.2, 0.25) is 11.8 Å². The van der Waals surface area contributed by atoms with Gasteiger partial charge in [-0.25, -0.2) is 4.39 Å². The van der Waals surface area contributed by atoms with Crippen LogP contribution in [0.5, 0.6) is 0 Å². The van der Waals surface area contributed by atoms with Gasteiger partial charge in [0.1, 0.15) is 5.82 Å². The number of anilines is 2. The van der Waals surface area contributed by atoms with E-state index in [0.717, 1.165) is 0 Å². The van der Waals surface area contributed by atoms with Crippen molar-refractivity contribution < 1.29 is 14.0 Å². The fourth-order valence-corrected chi connectivity index (χ4v) is 3.08. The van der Waals surface area contributed by atoms with Gasteiger partial charge in [-0.3, -0.25) is 9.59 Å². The minimum Gasteiger partial charge on any atom is -0.326 e. The molecule has 25 heavy (non-hydrogen) atoms. The highest BCUT2D eigenvalue weighted by Gasteiger charge is 2.35. The monoisotopic (exact) mass is 400 g/mol. The van der Waals surface area contributed by atoms with E-state index in [0.29, 0.717) is 21.4 Å². The first-order chi connectivity index (χ1) is 11.8. The number of benzene rings is 2. The van der Waals surface area contributed by atoms with E-state index in [9.17, 15) is 14.0 Å². The molecule has 3 rings (SSSR count). The van der Waals surface area contributed by atoms with Crippen LogP contribution in [0, 0.1) is 11.7 Å². The standard InChI is InChI=1S/C17H12Cl3FN2O2/c18-12-3-1-10(6-13(12)19)22-17(25)9-5-16(24)23(8-9)11-2-4-15(21)14(20)7-11/h1-4,6-7,9H,5,8H2,(H,22,25). The molecule has 2 amide bonds. The third kappa shape index (κ3) is 3.89. The van der Waals surface area contributed by atoms with Gasteiger partial charge in [-0.1, -0.05) is 34.8 Å². The van der Waals surface area contributed by atoms with Crippen LogP contribution in [0.4, 0.5) is 15.8 Å². The molecule has 130 valence electrons. The molecule has 1 aliphatic rings. The SMILES string of the molecule is O=C(Nc1ccc(Cl)c(Cl)c1)C1CC(=O)N(c2ccc(F)c(Cl)c2)C1. The van der Waals surface area contributed by atoms with Crippen molar-refractivity contribution in [2.45, 2.75) is 6.42 Å². The van der Waals surface area contributed by atoms with Crippen LogP contribution in [0.15, 0.2) is 36.4 Å². The lowest BCUT2D eigenvalue weighted by atomic mass is 10.1. The fourth-order valence-electron chi connectivity index (χ4n) is 2.60. The summed E-state index contributed by atoms with van der Waals surface area (Å²) >= 11 is 17.5. The first kappa shape index (κ1) is 18.0. The molecule has 4 nitrogen and oxygen atoms in total. The average Bonchev–Trinajstić information content (AvgIpc) is 2.95. The Morgan fingerprint density at radius 1 is 1.08 bits per heavy atom. The summed E-state index contributed by atoms with van der Waals surface area (Å²) in [7, 11) is 0. The van der Waals surface area contributed by atoms with Crippen molar-refractivity contribution in [3.05, 3.63) is 57.3 Å². The first-order valence-electron chi connectivity index (χ1n) is 7.36. The molecule has 1 unspecified atom stereocenters. The second-order valence-corrected chi connectivity index (χ2v) is 6.84. The fraction of sp³-hybridized carbons (Fsp3) is 0.176. The van der Waals surface area contributed by atoms with Gasteiger partial charge in [0, 0.05) is 24.3 Å². The van der Waals surface area contributed by atoms with Crippen molar-refractivity contribution in [3.63, 3.8) is 0 Å². The molecule has 0 radical (unpaired) electrons. The molecule has 0 saturated carbocycles. The van der Waals surface area contributed by atoms with Crippen LogP contribution in [0.25, 0.3) is 0 Å². The zero-order valence-electron chi connectivity index (χ0n) is 12.7. The molecule has 0 spiro atoms. The maximum Gasteiger partial charge on any atom is 0.229 e. The van der Waals surface area contributed by atoms with Crippen LogP contribution in [0.2, 0.25) is 15.1 Å². The number of hydrogen-bond acceptors (Lipinski definition) is 2. The highest BCUT2D eigenvalue weighted by Crippen LogP contribution is 2.30. The number of nitrogens with one attached hydrogen (secondary N) is 1. The van der Waals surface area contributed by atoms with Crippen LogP contribution < -0.4 is 10.2 Å². The van der Waals surface area contributed by atoms with Crippen molar-refractivity contribution in [2.24, 2.45) is 5.92 Å². The van der Waals surface area contributed by atoms with Crippen molar-refractivity contribution in [1.29, 1.82) is 0 Å². The third-order valence-electron chi connectivity index (χ3n) is 3.90. The molecule has 2 aromatic rings. The van der Waals surface area contributed by atoms with E-state index in [4.69, 9.17) is 34.8 Å². The smallest absolute Gasteiger partial charge is 0.229 e. The Labute approximate surface area is 158 Å². The predicted octanol–water partition coefficient (Wildman–Crippen LogP) is 4.78. The lowest BCUT2D eigenvalue weighted by molar-refractivity contribution is -0.122. The first-order valence-corrected chi connectivity index (χ1v) is 8.50. The number of rotatable bonds is 3. The van der Waals surface area contributed by atoms with E-state index >= 15 is 0 Å². The van der Waals surface area contributed by atoms with Gasteiger partial charge in [-0.05, 0) is 36.4 Å². The lowest BCUT2D eigenvalue weighted by Gasteiger charge is -2.17. The van der Waals surface area contributed by atoms with E-state index in [-0.39, 0.29) is 29.8 Å². The number of carbonyl (C=O) groups is 2. The summed E-state index contributed by atoms with van der Waals surface area (Å²) in [6, 6.07) is 8.75. The average molecular weight is 402 g/mol. The van der Waals surface area contributed by atoms with E-state index in [2.05, 4.69) is 5.32 Å². The molecule has 1 saturated heterocycles. The molecule has 0 aromatic heterocycles. The van der Waals surface area contributed by atoms with Gasteiger partial charge < -0.3 is 10.2 Å². The summed E-state index contributed by atoms with van der Waals surface area (Å²) < 4.78 is 13.3. The molecule has 1 heterocycles. The van der Waals surface area contributed by atoms with Crippen LogP contribution >= 0.6 is 34.8 Å².